The van der Waals surface area contributed by atoms with E-state index in [1.807, 2.05) is 0 Å². The Hall–Kier alpha value is -3.09. The van der Waals surface area contributed by atoms with Crippen LogP contribution in [0.15, 0.2) is 60.9 Å². The fourth-order valence-corrected chi connectivity index (χ4v) is 3.16. The predicted octanol–water partition coefficient (Wildman–Crippen LogP) is 5.54. The number of carbonyl (C=O) groups excluding carboxylic acids is 1. The Morgan fingerprint density at radius 3 is 2.63 bits per heavy atom. The molecule has 4 aromatic rings. The van der Waals surface area contributed by atoms with Crippen molar-refractivity contribution in [3.05, 3.63) is 71.0 Å². The van der Waals surface area contributed by atoms with Crippen LogP contribution in [-0.2, 0) is 0 Å². The molecule has 6 nitrogen and oxygen atoms in total. The summed E-state index contributed by atoms with van der Waals surface area (Å²) in [6.45, 7) is 0. The van der Waals surface area contributed by atoms with Crippen molar-refractivity contribution in [3.8, 4) is 17.1 Å². The van der Waals surface area contributed by atoms with Crippen LogP contribution < -0.4 is 10.1 Å². The summed E-state index contributed by atoms with van der Waals surface area (Å²) in [6, 6.07) is 13.8. The number of benzene rings is 2. The van der Waals surface area contributed by atoms with E-state index in [0.717, 1.165) is 0 Å². The molecule has 0 atom stereocenters. The van der Waals surface area contributed by atoms with Crippen molar-refractivity contribution < 1.29 is 9.53 Å². The quantitative estimate of drug-likeness (QED) is 0.474. The van der Waals surface area contributed by atoms with E-state index in [0.29, 0.717) is 43.9 Å². The van der Waals surface area contributed by atoms with Crippen LogP contribution in [0.25, 0.3) is 22.4 Å². The lowest BCUT2D eigenvalue weighted by atomic mass is 10.2. The fourth-order valence-electron chi connectivity index (χ4n) is 2.58. The second-order valence-electron chi connectivity index (χ2n) is 5.62. The minimum atomic E-state index is -0.615. The summed E-state index contributed by atoms with van der Waals surface area (Å²) >= 11 is 12.5. The summed E-state index contributed by atoms with van der Waals surface area (Å²) < 4.78 is 5.31. The van der Waals surface area contributed by atoms with E-state index < -0.39 is 6.09 Å². The molecule has 0 unspecified atom stereocenters. The van der Waals surface area contributed by atoms with Crippen LogP contribution in [0.2, 0.25) is 10.0 Å². The fraction of sp³-hybridized carbons (Fsp3) is 0. The largest absolute Gasteiger partial charge is 0.417 e. The first kappa shape index (κ1) is 17.3. The molecule has 0 aliphatic heterocycles. The van der Waals surface area contributed by atoms with Crippen molar-refractivity contribution in [3.63, 3.8) is 0 Å². The number of hydrogen-bond donors (Lipinski definition) is 2. The van der Waals surface area contributed by atoms with Gasteiger partial charge in [0.2, 0.25) is 0 Å². The van der Waals surface area contributed by atoms with Gasteiger partial charge in [-0.25, -0.2) is 9.78 Å². The molecule has 2 aromatic heterocycles. The van der Waals surface area contributed by atoms with Gasteiger partial charge in [-0.05, 0) is 36.4 Å². The molecule has 134 valence electrons. The number of H-pyrrole nitrogens is 1. The maximum Gasteiger partial charge on any atom is 0.417 e. The van der Waals surface area contributed by atoms with Gasteiger partial charge in [-0.1, -0.05) is 29.3 Å². The number of carbonyl (C=O) groups is 1. The molecule has 2 aromatic carbocycles. The first-order chi connectivity index (χ1) is 13.1. The number of nitrogens with one attached hydrogen (secondary N) is 2. The second-order valence-corrected chi connectivity index (χ2v) is 6.43. The molecule has 0 spiro atoms. The molecular weight excluding hydrogens is 387 g/mol. The van der Waals surface area contributed by atoms with Crippen LogP contribution in [0.4, 0.5) is 10.5 Å². The van der Waals surface area contributed by atoms with Crippen molar-refractivity contribution in [1.29, 1.82) is 0 Å². The predicted molar refractivity (Wildman–Crippen MR) is 105 cm³/mol. The maximum atomic E-state index is 12.0. The van der Waals surface area contributed by atoms with Gasteiger partial charge in [0, 0.05) is 12.3 Å². The molecule has 0 fully saturated rings. The number of halogens is 2. The zero-order chi connectivity index (χ0) is 18.8. The van der Waals surface area contributed by atoms with E-state index in [9.17, 15) is 4.79 Å². The number of ether oxygens (including phenoxy) is 1. The number of aromatic amines is 1. The van der Waals surface area contributed by atoms with Crippen molar-refractivity contribution in [2.45, 2.75) is 0 Å². The molecule has 2 heterocycles. The zero-order valence-electron chi connectivity index (χ0n) is 13.7. The van der Waals surface area contributed by atoms with Crippen LogP contribution in [0, 0.1) is 0 Å². The Bertz CT molecular complexity index is 1110. The molecule has 4 rings (SSSR count). The summed E-state index contributed by atoms with van der Waals surface area (Å²) in [5.41, 5.74) is 2.54. The Labute approximate surface area is 164 Å². The van der Waals surface area contributed by atoms with Gasteiger partial charge < -0.3 is 9.72 Å². The third kappa shape index (κ3) is 3.72. The highest BCUT2D eigenvalue weighted by Gasteiger charge is 2.14. The van der Waals surface area contributed by atoms with Crippen LogP contribution in [0.3, 0.4) is 0 Å². The summed E-state index contributed by atoms with van der Waals surface area (Å²) in [6.07, 6.45) is 2.53. The van der Waals surface area contributed by atoms with E-state index in [2.05, 4.69) is 20.3 Å². The number of pyridine rings is 1. The van der Waals surface area contributed by atoms with E-state index >= 15 is 0 Å². The molecular formula is C19H12Cl2N4O2. The Kier molecular flexibility index (Phi) is 4.66. The molecule has 0 bridgehead atoms. The van der Waals surface area contributed by atoms with E-state index in [1.54, 1.807) is 54.7 Å². The smallest absolute Gasteiger partial charge is 0.410 e. The van der Waals surface area contributed by atoms with Crippen molar-refractivity contribution >= 4 is 46.0 Å². The highest BCUT2D eigenvalue weighted by Crippen LogP contribution is 2.34. The highest BCUT2D eigenvalue weighted by atomic mass is 35.5. The summed E-state index contributed by atoms with van der Waals surface area (Å²) in [4.78, 5) is 23.6. The van der Waals surface area contributed by atoms with Gasteiger partial charge in [-0.2, -0.15) is 0 Å². The molecule has 0 aliphatic carbocycles. The standard InChI is InChI=1S/C19H12Cl2N4O2/c20-13-4-1-5-14(21)17(13)18-24-15-7-6-12(9-16(15)25-18)27-19(26)23-11-3-2-8-22-10-11/h1-10H,(H,23,26)(H,24,25). The number of hydrogen-bond acceptors (Lipinski definition) is 4. The average molecular weight is 399 g/mol. The SMILES string of the molecule is O=C(Nc1cccnc1)Oc1ccc2nc(-c3c(Cl)cccc3Cl)[nH]c2c1. The van der Waals surface area contributed by atoms with Gasteiger partial charge in [0.25, 0.3) is 0 Å². The van der Waals surface area contributed by atoms with Crippen molar-refractivity contribution in [1.82, 2.24) is 15.0 Å². The van der Waals surface area contributed by atoms with Crippen molar-refractivity contribution in [2.24, 2.45) is 0 Å². The van der Waals surface area contributed by atoms with Crippen molar-refractivity contribution in [2.75, 3.05) is 5.32 Å². The molecule has 0 saturated heterocycles. The van der Waals surface area contributed by atoms with Gasteiger partial charge in [-0.15, -0.1) is 0 Å². The number of fused-ring (bicyclic) bond motifs is 1. The van der Waals surface area contributed by atoms with Crippen LogP contribution in [0.5, 0.6) is 5.75 Å². The number of nitrogens with zero attached hydrogens (tertiary/aromatic N) is 2. The molecule has 1 amide bonds. The molecule has 0 radical (unpaired) electrons. The van der Waals surface area contributed by atoms with Gasteiger partial charge >= 0.3 is 6.09 Å². The molecule has 0 aliphatic rings. The lowest BCUT2D eigenvalue weighted by Gasteiger charge is -2.05. The summed E-state index contributed by atoms with van der Waals surface area (Å²) in [5.74, 6) is 0.905. The zero-order valence-corrected chi connectivity index (χ0v) is 15.3. The van der Waals surface area contributed by atoms with Gasteiger partial charge in [0.05, 0.1) is 38.5 Å². The van der Waals surface area contributed by atoms with E-state index in [1.165, 1.54) is 6.20 Å². The first-order valence-corrected chi connectivity index (χ1v) is 8.69. The van der Waals surface area contributed by atoms with Gasteiger partial charge in [0.15, 0.2) is 0 Å². The third-order valence-corrected chi connectivity index (χ3v) is 4.40. The van der Waals surface area contributed by atoms with Crippen LogP contribution in [-0.4, -0.2) is 21.0 Å². The topological polar surface area (TPSA) is 79.9 Å². The monoisotopic (exact) mass is 398 g/mol. The third-order valence-electron chi connectivity index (χ3n) is 3.77. The molecule has 0 saturated carbocycles. The summed E-state index contributed by atoms with van der Waals surface area (Å²) in [5, 5.41) is 3.59. The lowest BCUT2D eigenvalue weighted by Crippen LogP contribution is -2.16. The van der Waals surface area contributed by atoms with Crippen LogP contribution >= 0.6 is 23.2 Å². The number of anilines is 1. The number of imidazole rings is 1. The highest BCUT2D eigenvalue weighted by molar-refractivity contribution is 6.39. The Balaban J connectivity index is 1.59. The Morgan fingerprint density at radius 1 is 1.07 bits per heavy atom. The molecule has 2 N–H and O–H groups in total. The van der Waals surface area contributed by atoms with Gasteiger partial charge in [-0.3, -0.25) is 10.3 Å². The first-order valence-electron chi connectivity index (χ1n) is 7.93. The molecule has 27 heavy (non-hydrogen) atoms. The van der Waals surface area contributed by atoms with Gasteiger partial charge in [0.1, 0.15) is 11.6 Å². The van der Waals surface area contributed by atoms with E-state index in [-0.39, 0.29) is 0 Å². The molecule has 8 heteroatoms. The number of aromatic nitrogens is 3. The normalized spacial score (nSPS) is 10.7. The minimum absolute atomic E-state index is 0.365. The maximum absolute atomic E-state index is 12.0. The Morgan fingerprint density at radius 2 is 1.89 bits per heavy atom. The lowest BCUT2D eigenvalue weighted by molar-refractivity contribution is 0.215. The van der Waals surface area contributed by atoms with Crippen LogP contribution in [0.1, 0.15) is 0 Å². The van der Waals surface area contributed by atoms with E-state index in [4.69, 9.17) is 27.9 Å². The number of amides is 1. The average Bonchev–Trinajstić information content (AvgIpc) is 3.05. The summed E-state index contributed by atoms with van der Waals surface area (Å²) in [7, 11) is 0. The second kappa shape index (κ2) is 7.26. The minimum Gasteiger partial charge on any atom is -0.410 e. The number of rotatable bonds is 3.